The van der Waals surface area contributed by atoms with Crippen LogP contribution in [0.15, 0.2) is 30.3 Å². The van der Waals surface area contributed by atoms with Gasteiger partial charge in [-0.1, -0.05) is 30.3 Å². The van der Waals surface area contributed by atoms with Gasteiger partial charge in [-0.15, -0.1) is 0 Å². The lowest BCUT2D eigenvalue weighted by Gasteiger charge is -2.20. The molecule has 0 saturated carbocycles. The zero-order valence-electron chi connectivity index (χ0n) is 9.93. The molecule has 17 heavy (non-hydrogen) atoms. The fourth-order valence-electron chi connectivity index (χ4n) is 2.00. The fraction of sp³-hybridized carbons (Fsp3) is 0.500. The average molecular weight is 234 g/mol. The van der Waals surface area contributed by atoms with Gasteiger partial charge in [-0.05, 0) is 24.3 Å². The minimum Gasteiger partial charge on any atom is -0.461 e. The first kappa shape index (κ1) is 12.1. The van der Waals surface area contributed by atoms with Crippen LogP contribution in [-0.2, 0) is 20.9 Å². The Morgan fingerprint density at radius 1 is 1.35 bits per heavy atom. The Balaban J connectivity index is 1.70. The van der Waals surface area contributed by atoms with Gasteiger partial charge in [0.1, 0.15) is 6.61 Å². The summed E-state index contributed by atoms with van der Waals surface area (Å²) in [5, 5.41) is 0. The molecule has 1 saturated heterocycles. The summed E-state index contributed by atoms with van der Waals surface area (Å²) in [6, 6.07) is 9.75. The highest BCUT2D eigenvalue weighted by atomic mass is 16.5. The van der Waals surface area contributed by atoms with E-state index < -0.39 is 0 Å². The van der Waals surface area contributed by atoms with Crippen molar-refractivity contribution in [2.75, 3.05) is 13.2 Å². The maximum absolute atomic E-state index is 11.6. The average Bonchev–Trinajstić information content (AvgIpc) is 2.39. The van der Waals surface area contributed by atoms with Gasteiger partial charge in [0, 0.05) is 13.2 Å². The minimum absolute atomic E-state index is 0.121. The molecule has 1 aromatic carbocycles. The molecule has 1 aliphatic rings. The number of carbonyl (C=O) groups is 1. The molecule has 1 aliphatic heterocycles. The third kappa shape index (κ3) is 4.19. The predicted octanol–water partition coefficient (Wildman–Crippen LogP) is 2.55. The molecule has 3 nitrogen and oxygen atoms in total. The van der Waals surface area contributed by atoms with Crippen molar-refractivity contribution in [1.82, 2.24) is 0 Å². The lowest BCUT2D eigenvalue weighted by molar-refractivity contribution is -0.147. The standard InChI is InChI=1S/C14H18O3/c15-14(9-13-7-4-8-16-10-13)17-11-12-5-2-1-3-6-12/h1-3,5-6,13H,4,7-11H2/t13-/m0/s1. The Morgan fingerprint density at radius 3 is 2.88 bits per heavy atom. The van der Waals surface area contributed by atoms with Gasteiger partial charge in [-0.3, -0.25) is 4.79 Å². The van der Waals surface area contributed by atoms with Gasteiger partial charge < -0.3 is 9.47 Å². The van der Waals surface area contributed by atoms with Crippen molar-refractivity contribution in [3.63, 3.8) is 0 Å². The van der Waals surface area contributed by atoms with E-state index in [-0.39, 0.29) is 5.97 Å². The quantitative estimate of drug-likeness (QED) is 0.751. The van der Waals surface area contributed by atoms with Crippen LogP contribution >= 0.6 is 0 Å². The molecule has 0 spiro atoms. The highest BCUT2D eigenvalue weighted by Gasteiger charge is 2.18. The number of benzene rings is 1. The van der Waals surface area contributed by atoms with Crippen LogP contribution in [0.5, 0.6) is 0 Å². The molecular weight excluding hydrogens is 216 g/mol. The SMILES string of the molecule is O=C(C[C@@H]1CCCOC1)OCc1ccccc1. The Morgan fingerprint density at radius 2 is 2.18 bits per heavy atom. The zero-order valence-corrected chi connectivity index (χ0v) is 9.93. The van der Waals surface area contributed by atoms with E-state index in [0.29, 0.717) is 25.6 Å². The van der Waals surface area contributed by atoms with Crippen LogP contribution in [0.2, 0.25) is 0 Å². The lowest BCUT2D eigenvalue weighted by atomic mass is 9.99. The van der Waals surface area contributed by atoms with Crippen LogP contribution in [0.3, 0.4) is 0 Å². The molecule has 3 heteroatoms. The van der Waals surface area contributed by atoms with E-state index in [0.717, 1.165) is 25.0 Å². The van der Waals surface area contributed by atoms with Crippen LogP contribution in [0.25, 0.3) is 0 Å². The fourth-order valence-corrected chi connectivity index (χ4v) is 2.00. The third-order valence-corrected chi connectivity index (χ3v) is 2.95. The van der Waals surface area contributed by atoms with E-state index in [1.807, 2.05) is 30.3 Å². The Kier molecular flexibility index (Phi) is 4.56. The Bertz CT molecular complexity index is 342. The van der Waals surface area contributed by atoms with Gasteiger partial charge in [-0.2, -0.15) is 0 Å². The maximum Gasteiger partial charge on any atom is 0.306 e. The van der Waals surface area contributed by atoms with E-state index in [1.165, 1.54) is 0 Å². The first-order valence-corrected chi connectivity index (χ1v) is 6.12. The molecule has 0 bridgehead atoms. The Labute approximate surface area is 102 Å². The molecule has 1 heterocycles. The number of carbonyl (C=O) groups excluding carboxylic acids is 1. The monoisotopic (exact) mass is 234 g/mol. The van der Waals surface area contributed by atoms with Crippen molar-refractivity contribution < 1.29 is 14.3 Å². The van der Waals surface area contributed by atoms with Gasteiger partial charge in [0.25, 0.3) is 0 Å². The predicted molar refractivity (Wildman–Crippen MR) is 64.4 cm³/mol. The molecule has 92 valence electrons. The first-order chi connectivity index (χ1) is 8.34. The van der Waals surface area contributed by atoms with Crippen LogP contribution in [-0.4, -0.2) is 19.2 Å². The number of rotatable bonds is 4. The van der Waals surface area contributed by atoms with Crippen molar-refractivity contribution in [1.29, 1.82) is 0 Å². The van der Waals surface area contributed by atoms with Gasteiger partial charge >= 0.3 is 5.97 Å². The molecule has 1 aromatic rings. The summed E-state index contributed by atoms with van der Waals surface area (Å²) < 4.78 is 10.6. The molecular formula is C14H18O3. The van der Waals surface area contributed by atoms with E-state index >= 15 is 0 Å². The van der Waals surface area contributed by atoms with Crippen LogP contribution in [0, 0.1) is 5.92 Å². The van der Waals surface area contributed by atoms with Gasteiger partial charge in [0.05, 0.1) is 6.42 Å². The summed E-state index contributed by atoms with van der Waals surface area (Å²) >= 11 is 0. The first-order valence-electron chi connectivity index (χ1n) is 6.12. The molecule has 0 amide bonds. The van der Waals surface area contributed by atoms with Gasteiger partial charge in [-0.25, -0.2) is 0 Å². The van der Waals surface area contributed by atoms with E-state index in [2.05, 4.69) is 0 Å². The number of hydrogen-bond acceptors (Lipinski definition) is 3. The largest absolute Gasteiger partial charge is 0.461 e. The summed E-state index contributed by atoms with van der Waals surface area (Å²) in [5.41, 5.74) is 1.03. The van der Waals surface area contributed by atoms with E-state index in [4.69, 9.17) is 9.47 Å². The summed E-state index contributed by atoms with van der Waals surface area (Å²) in [6.45, 7) is 1.89. The third-order valence-electron chi connectivity index (χ3n) is 2.95. The summed E-state index contributed by atoms with van der Waals surface area (Å²) in [5.74, 6) is 0.219. The molecule has 1 atom stereocenters. The number of esters is 1. The molecule has 0 unspecified atom stereocenters. The molecule has 2 rings (SSSR count). The zero-order chi connectivity index (χ0) is 11.9. The van der Waals surface area contributed by atoms with Crippen molar-refractivity contribution in [2.45, 2.75) is 25.9 Å². The van der Waals surface area contributed by atoms with Gasteiger partial charge in [0.2, 0.25) is 0 Å². The number of hydrogen-bond donors (Lipinski definition) is 0. The van der Waals surface area contributed by atoms with Crippen LogP contribution in [0.1, 0.15) is 24.8 Å². The second-order valence-electron chi connectivity index (χ2n) is 4.43. The van der Waals surface area contributed by atoms with Crippen LogP contribution < -0.4 is 0 Å². The maximum atomic E-state index is 11.6. The second-order valence-corrected chi connectivity index (χ2v) is 4.43. The lowest BCUT2D eigenvalue weighted by Crippen LogP contribution is -2.21. The molecule has 0 N–H and O–H groups in total. The van der Waals surface area contributed by atoms with Crippen molar-refractivity contribution in [3.8, 4) is 0 Å². The topological polar surface area (TPSA) is 35.5 Å². The van der Waals surface area contributed by atoms with E-state index in [9.17, 15) is 4.79 Å². The molecule has 0 aliphatic carbocycles. The van der Waals surface area contributed by atoms with Gasteiger partial charge in [0.15, 0.2) is 0 Å². The smallest absolute Gasteiger partial charge is 0.306 e. The highest BCUT2D eigenvalue weighted by molar-refractivity contribution is 5.69. The van der Waals surface area contributed by atoms with E-state index in [1.54, 1.807) is 0 Å². The molecule has 0 radical (unpaired) electrons. The van der Waals surface area contributed by atoms with Crippen LogP contribution in [0.4, 0.5) is 0 Å². The normalized spacial score (nSPS) is 19.9. The number of ether oxygens (including phenoxy) is 2. The summed E-state index contributed by atoms with van der Waals surface area (Å²) in [7, 11) is 0. The molecule has 1 fully saturated rings. The van der Waals surface area contributed by atoms with Crippen molar-refractivity contribution in [3.05, 3.63) is 35.9 Å². The summed E-state index contributed by atoms with van der Waals surface area (Å²) in [4.78, 5) is 11.6. The second kappa shape index (κ2) is 6.40. The van der Waals surface area contributed by atoms with Crippen molar-refractivity contribution >= 4 is 5.97 Å². The Hall–Kier alpha value is -1.35. The highest BCUT2D eigenvalue weighted by Crippen LogP contribution is 2.17. The summed E-state index contributed by atoms with van der Waals surface area (Å²) in [6.07, 6.45) is 2.60. The molecule has 0 aromatic heterocycles. The van der Waals surface area contributed by atoms with Crippen molar-refractivity contribution in [2.24, 2.45) is 5.92 Å². The minimum atomic E-state index is -0.121.